The van der Waals surface area contributed by atoms with Gasteiger partial charge in [0, 0.05) is 18.0 Å². The van der Waals surface area contributed by atoms with Crippen LogP contribution >= 0.6 is 11.6 Å². The molecule has 0 spiro atoms. The number of nitriles is 1. The van der Waals surface area contributed by atoms with Crippen LogP contribution in [0.2, 0.25) is 5.02 Å². The maximum absolute atomic E-state index is 12.3. The van der Waals surface area contributed by atoms with E-state index in [1.807, 2.05) is 11.8 Å². The summed E-state index contributed by atoms with van der Waals surface area (Å²) < 4.78 is 0. The molecule has 0 bridgehead atoms. The van der Waals surface area contributed by atoms with Gasteiger partial charge in [0.25, 0.3) is 5.56 Å². The van der Waals surface area contributed by atoms with Crippen molar-refractivity contribution >= 4 is 34.1 Å². The summed E-state index contributed by atoms with van der Waals surface area (Å²) in [7, 11) is 0. The summed E-state index contributed by atoms with van der Waals surface area (Å²) in [5, 5.41) is 12.9. The number of para-hydroxylation sites is 1. The van der Waals surface area contributed by atoms with Gasteiger partial charge in [-0.2, -0.15) is 5.26 Å². The first-order valence-corrected chi connectivity index (χ1v) is 9.57. The highest BCUT2D eigenvalue weighted by Crippen LogP contribution is 2.16. The molecule has 0 aliphatic rings. The molecular formula is C21H20ClN5O2. The Balaban J connectivity index is 1.65. The second-order valence-corrected chi connectivity index (χ2v) is 6.93. The number of H-pyrrole nitrogens is 1. The molecule has 0 saturated carbocycles. The third-order valence-electron chi connectivity index (χ3n) is 4.51. The van der Waals surface area contributed by atoms with E-state index in [4.69, 9.17) is 16.9 Å². The molecule has 2 aromatic carbocycles. The summed E-state index contributed by atoms with van der Waals surface area (Å²) in [4.78, 5) is 33.8. The lowest BCUT2D eigenvalue weighted by Gasteiger charge is -2.19. The summed E-state index contributed by atoms with van der Waals surface area (Å²) >= 11 is 6.00. The highest BCUT2D eigenvalue weighted by atomic mass is 35.5. The van der Waals surface area contributed by atoms with Crippen LogP contribution in [0.15, 0.2) is 47.3 Å². The van der Waals surface area contributed by atoms with Gasteiger partial charge in [0.05, 0.1) is 28.7 Å². The van der Waals surface area contributed by atoms with Crippen LogP contribution in [0.5, 0.6) is 0 Å². The predicted molar refractivity (Wildman–Crippen MR) is 113 cm³/mol. The predicted octanol–water partition coefficient (Wildman–Crippen LogP) is 3.30. The van der Waals surface area contributed by atoms with Crippen molar-refractivity contribution in [3.8, 4) is 6.07 Å². The van der Waals surface area contributed by atoms with E-state index >= 15 is 0 Å². The Bertz CT molecular complexity index is 1140. The van der Waals surface area contributed by atoms with Crippen LogP contribution in [-0.4, -0.2) is 33.9 Å². The molecule has 0 atom stereocenters. The third-order valence-corrected chi connectivity index (χ3v) is 4.75. The van der Waals surface area contributed by atoms with E-state index in [2.05, 4.69) is 21.4 Å². The molecule has 0 unspecified atom stereocenters. The number of nitrogens with one attached hydrogen (secondary N) is 2. The smallest absolute Gasteiger partial charge is 0.258 e. The average molecular weight is 410 g/mol. The molecule has 148 valence electrons. The SMILES string of the molecule is CCN(CCC(=O)Nc1ccccc1C#N)Cc1nc2cc(Cl)ccc2c(=O)[nH]1. The van der Waals surface area contributed by atoms with Crippen LogP contribution in [-0.2, 0) is 11.3 Å². The Hall–Kier alpha value is -3.21. The van der Waals surface area contributed by atoms with Gasteiger partial charge in [0.2, 0.25) is 5.91 Å². The Morgan fingerprint density at radius 3 is 2.86 bits per heavy atom. The first-order valence-electron chi connectivity index (χ1n) is 9.20. The number of hydrogen-bond acceptors (Lipinski definition) is 5. The van der Waals surface area contributed by atoms with Gasteiger partial charge in [-0.25, -0.2) is 4.98 Å². The van der Waals surface area contributed by atoms with E-state index in [-0.39, 0.29) is 17.9 Å². The quantitative estimate of drug-likeness (QED) is 0.623. The number of amides is 1. The van der Waals surface area contributed by atoms with Crippen LogP contribution < -0.4 is 10.9 Å². The van der Waals surface area contributed by atoms with Gasteiger partial charge in [0.15, 0.2) is 0 Å². The summed E-state index contributed by atoms with van der Waals surface area (Å²) in [6, 6.07) is 13.9. The topological polar surface area (TPSA) is 102 Å². The minimum Gasteiger partial charge on any atom is -0.325 e. The number of carbonyl (C=O) groups is 1. The summed E-state index contributed by atoms with van der Waals surface area (Å²) in [6.45, 7) is 3.53. The number of halogens is 1. The molecule has 29 heavy (non-hydrogen) atoms. The molecular weight excluding hydrogens is 390 g/mol. The third kappa shape index (κ3) is 5.19. The molecule has 1 heterocycles. The number of rotatable bonds is 7. The van der Waals surface area contributed by atoms with E-state index in [9.17, 15) is 9.59 Å². The Morgan fingerprint density at radius 2 is 2.10 bits per heavy atom. The lowest BCUT2D eigenvalue weighted by molar-refractivity contribution is -0.116. The molecule has 0 fully saturated rings. The summed E-state index contributed by atoms with van der Waals surface area (Å²) in [5.74, 6) is 0.333. The Morgan fingerprint density at radius 1 is 1.31 bits per heavy atom. The van der Waals surface area contributed by atoms with E-state index in [1.54, 1.807) is 42.5 Å². The zero-order valence-electron chi connectivity index (χ0n) is 15.9. The minimum absolute atomic E-state index is 0.183. The number of nitrogens with zero attached hydrogens (tertiary/aromatic N) is 3. The lowest BCUT2D eigenvalue weighted by Crippen LogP contribution is -2.29. The molecule has 8 heteroatoms. The van der Waals surface area contributed by atoms with Crippen LogP contribution in [0.4, 0.5) is 5.69 Å². The molecule has 1 amide bonds. The highest BCUT2D eigenvalue weighted by molar-refractivity contribution is 6.31. The largest absolute Gasteiger partial charge is 0.325 e. The van der Waals surface area contributed by atoms with Gasteiger partial charge in [-0.05, 0) is 36.9 Å². The number of benzene rings is 2. The first kappa shape index (κ1) is 20.5. The van der Waals surface area contributed by atoms with E-state index in [0.717, 1.165) is 0 Å². The number of aromatic nitrogens is 2. The standard InChI is InChI=1S/C21H20ClN5O2/c1-2-27(10-9-20(28)25-17-6-4-3-5-14(17)12-23)13-19-24-18-11-15(22)7-8-16(18)21(29)26-19/h3-8,11H,2,9-10,13H2,1H3,(H,25,28)(H,24,26,29). The van der Waals surface area contributed by atoms with Crippen molar-refractivity contribution < 1.29 is 4.79 Å². The zero-order chi connectivity index (χ0) is 20.8. The van der Waals surface area contributed by atoms with Crippen LogP contribution in [0, 0.1) is 11.3 Å². The number of hydrogen-bond donors (Lipinski definition) is 2. The molecule has 3 rings (SSSR count). The van der Waals surface area contributed by atoms with Gasteiger partial charge >= 0.3 is 0 Å². The van der Waals surface area contributed by atoms with Gasteiger partial charge in [0.1, 0.15) is 11.9 Å². The van der Waals surface area contributed by atoms with Gasteiger partial charge in [-0.1, -0.05) is 30.7 Å². The van der Waals surface area contributed by atoms with Gasteiger partial charge in [-0.15, -0.1) is 0 Å². The fourth-order valence-corrected chi connectivity index (χ4v) is 3.13. The molecule has 0 saturated heterocycles. The second kappa shape index (κ2) is 9.32. The number of anilines is 1. The first-order chi connectivity index (χ1) is 14.0. The van der Waals surface area contributed by atoms with Crippen molar-refractivity contribution in [3.63, 3.8) is 0 Å². The van der Waals surface area contributed by atoms with Gasteiger partial charge in [-0.3, -0.25) is 14.5 Å². The van der Waals surface area contributed by atoms with Crippen LogP contribution in [0.3, 0.4) is 0 Å². The van der Waals surface area contributed by atoms with Crippen molar-refractivity contribution in [2.45, 2.75) is 19.9 Å². The summed E-state index contributed by atoms with van der Waals surface area (Å²) in [5.41, 5.74) is 1.24. The van der Waals surface area contributed by atoms with E-state index < -0.39 is 0 Å². The summed E-state index contributed by atoms with van der Waals surface area (Å²) in [6.07, 6.45) is 0.247. The fraction of sp³-hybridized carbons (Fsp3) is 0.238. The van der Waals surface area contributed by atoms with Crippen molar-refractivity contribution in [1.29, 1.82) is 5.26 Å². The number of aromatic amines is 1. The molecule has 7 nitrogen and oxygen atoms in total. The minimum atomic E-state index is -0.219. The molecule has 0 aliphatic carbocycles. The molecule has 0 aliphatic heterocycles. The highest BCUT2D eigenvalue weighted by Gasteiger charge is 2.12. The Labute approximate surface area is 172 Å². The normalized spacial score (nSPS) is 10.8. The monoisotopic (exact) mass is 409 g/mol. The van der Waals surface area contributed by atoms with Gasteiger partial charge < -0.3 is 10.3 Å². The maximum atomic E-state index is 12.3. The number of fused-ring (bicyclic) bond motifs is 1. The molecule has 3 aromatic rings. The van der Waals surface area contributed by atoms with E-state index in [1.165, 1.54) is 0 Å². The van der Waals surface area contributed by atoms with Crippen LogP contribution in [0.25, 0.3) is 10.9 Å². The Kier molecular flexibility index (Phi) is 6.60. The fourth-order valence-electron chi connectivity index (χ4n) is 2.96. The van der Waals surface area contributed by atoms with Crippen molar-refractivity contribution in [2.75, 3.05) is 18.4 Å². The van der Waals surface area contributed by atoms with Crippen molar-refractivity contribution in [3.05, 3.63) is 69.2 Å². The lowest BCUT2D eigenvalue weighted by atomic mass is 10.2. The van der Waals surface area contributed by atoms with Crippen molar-refractivity contribution in [2.24, 2.45) is 0 Å². The molecule has 2 N–H and O–H groups in total. The molecule has 1 aromatic heterocycles. The zero-order valence-corrected chi connectivity index (χ0v) is 16.7. The average Bonchev–Trinajstić information content (AvgIpc) is 2.71. The van der Waals surface area contributed by atoms with Crippen LogP contribution in [0.1, 0.15) is 24.7 Å². The molecule has 0 radical (unpaired) electrons. The maximum Gasteiger partial charge on any atom is 0.258 e. The number of carbonyl (C=O) groups excluding carboxylic acids is 1. The van der Waals surface area contributed by atoms with Crippen molar-refractivity contribution in [1.82, 2.24) is 14.9 Å². The van der Waals surface area contributed by atoms with E-state index in [0.29, 0.717) is 52.6 Å². The second-order valence-electron chi connectivity index (χ2n) is 6.50.